The van der Waals surface area contributed by atoms with Crippen LogP contribution in [0.25, 0.3) is 0 Å². The van der Waals surface area contributed by atoms with Crippen molar-refractivity contribution in [2.24, 2.45) is 5.92 Å². The van der Waals surface area contributed by atoms with Gasteiger partial charge in [-0.25, -0.2) is 0 Å². The van der Waals surface area contributed by atoms with E-state index in [0.29, 0.717) is 25.7 Å². The van der Waals surface area contributed by atoms with Crippen LogP contribution in [-0.2, 0) is 30.4 Å². The molecule has 0 amide bonds. The lowest BCUT2D eigenvalue weighted by Crippen LogP contribution is -2.28. The van der Waals surface area contributed by atoms with E-state index in [1.807, 2.05) is 30.3 Å². The maximum Gasteiger partial charge on any atom is 0.309 e. The lowest BCUT2D eigenvalue weighted by molar-refractivity contribution is -0.151. The van der Waals surface area contributed by atoms with Crippen LogP contribution in [-0.4, -0.2) is 26.7 Å². The highest BCUT2D eigenvalue weighted by Crippen LogP contribution is 2.28. The van der Waals surface area contributed by atoms with E-state index in [0.717, 1.165) is 11.8 Å². The number of rotatable bonds is 5. The van der Waals surface area contributed by atoms with Gasteiger partial charge < -0.3 is 4.74 Å². The fourth-order valence-electron chi connectivity index (χ4n) is 2.49. The molecule has 1 fully saturated rings. The molecule has 1 aromatic carbocycles. The van der Waals surface area contributed by atoms with Crippen LogP contribution in [0.15, 0.2) is 30.3 Å². The Kier molecular flexibility index (Phi) is 5.36. The molecular weight excluding hydrogens is 292 g/mol. The summed E-state index contributed by atoms with van der Waals surface area (Å²) in [5.74, 6) is -0.371. The van der Waals surface area contributed by atoms with Gasteiger partial charge in [-0.05, 0) is 31.2 Å². The highest BCUT2D eigenvalue weighted by Gasteiger charge is 2.29. The Hall–Kier alpha value is -1.40. The number of benzene rings is 1. The van der Waals surface area contributed by atoms with E-state index in [4.69, 9.17) is 8.92 Å². The first-order chi connectivity index (χ1) is 9.94. The summed E-state index contributed by atoms with van der Waals surface area (Å²) in [7, 11) is -3.42. The zero-order chi connectivity index (χ0) is 15.3. The number of carbonyl (C=O) groups excluding carboxylic acids is 1. The van der Waals surface area contributed by atoms with Crippen molar-refractivity contribution < 1.29 is 22.1 Å². The number of ether oxygens (including phenoxy) is 1. The SMILES string of the molecule is CS(=O)(=O)OC1CCC(C(=O)OCc2ccccc2)CC1. The number of esters is 1. The summed E-state index contributed by atoms with van der Waals surface area (Å²) in [5.41, 5.74) is 0.958. The molecule has 0 radical (unpaired) electrons. The third-order valence-electron chi connectivity index (χ3n) is 3.54. The maximum absolute atomic E-state index is 12.0. The Balaban J connectivity index is 1.75. The summed E-state index contributed by atoms with van der Waals surface area (Å²) in [6.07, 6.45) is 3.09. The molecule has 1 aliphatic carbocycles. The summed E-state index contributed by atoms with van der Waals surface area (Å²) in [5, 5.41) is 0. The molecule has 0 saturated heterocycles. The van der Waals surface area contributed by atoms with Gasteiger partial charge in [-0.2, -0.15) is 8.42 Å². The summed E-state index contributed by atoms with van der Waals surface area (Å²) in [6.45, 7) is 0.277. The van der Waals surface area contributed by atoms with Crippen molar-refractivity contribution in [1.29, 1.82) is 0 Å². The first-order valence-electron chi connectivity index (χ1n) is 7.03. The van der Waals surface area contributed by atoms with Crippen LogP contribution in [0, 0.1) is 5.92 Å². The standard InChI is InChI=1S/C15H20O5S/c1-21(17,18)20-14-9-7-13(8-10-14)15(16)19-11-12-5-3-2-4-6-12/h2-6,13-14H,7-11H2,1H3. The monoisotopic (exact) mass is 312 g/mol. The van der Waals surface area contributed by atoms with Gasteiger partial charge in [0.2, 0.25) is 0 Å². The van der Waals surface area contributed by atoms with E-state index in [2.05, 4.69) is 0 Å². The third kappa shape index (κ3) is 5.47. The van der Waals surface area contributed by atoms with E-state index in [-0.39, 0.29) is 24.6 Å². The van der Waals surface area contributed by atoms with Crippen molar-refractivity contribution in [3.05, 3.63) is 35.9 Å². The van der Waals surface area contributed by atoms with Crippen molar-refractivity contribution in [1.82, 2.24) is 0 Å². The molecule has 6 heteroatoms. The van der Waals surface area contributed by atoms with Crippen molar-refractivity contribution in [2.75, 3.05) is 6.26 Å². The summed E-state index contributed by atoms with van der Waals surface area (Å²) >= 11 is 0. The second-order valence-electron chi connectivity index (χ2n) is 5.37. The van der Waals surface area contributed by atoms with Crippen LogP contribution in [0.4, 0.5) is 0 Å². The predicted octanol–water partition coefficient (Wildman–Crippen LogP) is 2.26. The smallest absolute Gasteiger partial charge is 0.309 e. The molecule has 116 valence electrons. The molecule has 21 heavy (non-hydrogen) atoms. The molecule has 1 aromatic rings. The third-order valence-corrected chi connectivity index (χ3v) is 4.16. The first-order valence-corrected chi connectivity index (χ1v) is 8.84. The molecule has 0 heterocycles. The fraction of sp³-hybridized carbons (Fsp3) is 0.533. The lowest BCUT2D eigenvalue weighted by Gasteiger charge is -2.26. The second-order valence-corrected chi connectivity index (χ2v) is 6.97. The van der Waals surface area contributed by atoms with Gasteiger partial charge in [0, 0.05) is 0 Å². The Bertz CT molecular complexity index is 559. The summed E-state index contributed by atoms with van der Waals surface area (Å²) in [6, 6.07) is 9.52. The molecule has 0 bridgehead atoms. The molecule has 0 spiro atoms. The highest BCUT2D eigenvalue weighted by molar-refractivity contribution is 7.86. The van der Waals surface area contributed by atoms with Crippen LogP contribution < -0.4 is 0 Å². The second kappa shape index (κ2) is 7.04. The quantitative estimate of drug-likeness (QED) is 0.616. The minimum atomic E-state index is -3.42. The van der Waals surface area contributed by atoms with Crippen LogP contribution in [0.1, 0.15) is 31.2 Å². The van der Waals surface area contributed by atoms with Crippen molar-refractivity contribution in [3.63, 3.8) is 0 Å². The maximum atomic E-state index is 12.0. The van der Waals surface area contributed by atoms with Crippen molar-refractivity contribution in [2.45, 2.75) is 38.4 Å². The number of hydrogen-bond donors (Lipinski definition) is 0. The van der Waals surface area contributed by atoms with E-state index in [1.54, 1.807) is 0 Å². The molecule has 0 N–H and O–H groups in total. The molecule has 1 aliphatic rings. The van der Waals surface area contributed by atoms with Gasteiger partial charge in [0.15, 0.2) is 0 Å². The minimum Gasteiger partial charge on any atom is -0.461 e. The molecule has 2 rings (SSSR count). The van der Waals surface area contributed by atoms with Gasteiger partial charge in [0.1, 0.15) is 6.61 Å². The van der Waals surface area contributed by atoms with E-state index in [1.165, 1.54) is 0 Å². The number of hydrogen-bond acceptors (Lipinski definition) is 5. The molecule has 0 unspecified atom stereocenters. The Morgan fingerprint density at radius 1 is 1.14 bits per heavy atom. The molecule has 5 nitrogen and oxygen atoms in total. The Labute approximate surface area is 125 Å². The fourth-order valence-corrected chi connectivity index (χ4v) is 3.18. The zero-order valence-electron chi connectivity index (χ0n) is 12.0. The zero-order valence-corrected chi connectivity index (χ0v) is 12.8. The van der Waals surface area contributed by atoms with Crippen LogP contribution in [0.2, 0.25) is 0 Å². The molecule has 1 saturated carbocycles. The van der Waals surface area contributed by atoms with Gasteiger partial charge >= 0.3 is 5.97 Å². The van der Waals surface area contributed by atoms with Crippen LogP contribution in [0.3, 0.4) is 0 Å². The Morgan fingerprint density at radius 3 is 2.33 bits per heavy atom. The van der Waals surface area contributed by atoms with E-state index < -0.39 is 10.1 Å². The van der Waals surface area contributed by atoms with E-state index >= 15 is 0 Å². The van der Waals surface area contributed by atoms with Gasteiger partial charge in [0.05, 0.1) is 18.3 Å². The Morgan fingerprint density at radius 2 is 1.76 bits per heavy atom. The largest absolute Gasteiger partial charge is 0.461 e. The predicted molar refractivity (Wildman–Crippen MR) is 77.9 cm³/mol. The lowest BCUT2D eigenvalue weighted by atomic mass is 9.87. The van der Waals surface area contributed by atoms with Crippen molar-refractivity contribution >= 4 is 16.1 Å². The molecular formula is C15H20O5S. The molecule has 0 atom stereocenters. The average molecular weight is 312 g/mol. The van der Waals surface area contributed by atoms with Gasteiger partial charge in [-0.15, -0.1) is 0 Å². The minimum absolute atomic E-state index is 0.159. The highest BCUT2D eigenvalue weighted by atomic mass is 32.2. The van der Waals surface area contributed by atoms with E-state index in [9.17, 15) is 13.2 Å². The summed E-state index contributed by atoms with van der Waals surface area (Å²) < 4.78 is 32.4. The van der Waals surface area contributed by atoms with Crippen molar-refractivity contribution in [3.8, 4) is 0 Å². The summed E-state index contributed by atoms with van der Waals surface area (Å²) in [4.78, 5) is 12.0. The average Bonchev–Trinajstić information content (AvgIpc) is 2.45. The first kappa shape index (κ1) is 16.0. The van der Waals surface area contributed by atoms with Gasteiger partial charge in [-0.1, -0.05) is 30.3 Å². The molecule has 0 aromatic heterocycles. The number of carbonyl (C=O) groups is 1. The topological polar surface area (TPSA) is 69.7 Å². The van der Waals surface area contributed by atoms with Gasteiger partial charge in [-0.3, -0.25) is 8.98 Å². The van der Waals surface area contributed by atoms with Crippen LogP contribution >= 0.6 is 0 Å². The molecule has 0 aliphatic heterocycles. The normalized spacial score (nSPS) is 22.7. The van der Waals surface area contributed by atoms with Gasteiger partial charge in [0.25, 0.3) is 10.1 Å². The van der Waals surface area contributed by atoms with Crippen LogP contribution in [0.5, 0.6) is 0 Å².